The van der Waals surface area contributed by atoms with Gasteiger partial charge in [0.25, 0.3) is 5.91 Å². The quantitative estimate of drug-likeness (QED) is 0.798. The van der Waals surface area contributed by atoms with Crippen molar-refractivity contribution in [3.05, 3.63) is 20.8 Å². The fourth-order valence-electron chi connectivity index (χ4n) is 1.92. The van der Waals surface area contributed by atoms with Crippen LogP contribution in [0.4, 0.5) is 0 Å². The van der Waals surface area contributed by atoms with Gasteiger partial charge in [-0.15, -0.1) is 11.3 Å². The number of rotatable bonds is 1. The van der Waals surface area contributed by atoms with E-state index in [2.05, 4.69) is 15.9 Å². The summed E-state index contributed by atoms with van der Waals surface area (Å²) in [6.07, 6.45) is 0.243. The van der Waals surface area contributed by atoms with Crippen LogP contribution >= 0.6 is 27.3 Å². The summed E-state index contributed by atoms with van der Waals surface area (Å²) in [6, 6.07) is 1.87. The van der Waals surface area contributed by atoms with Crippen LogP contribution in [0.2, 0.25) is 0 Å². The minimum atomic E-state index is 0.109. The number of thiophene rings is 1. The molecule has 0 unspecified atom stereocenters. The smallest absolute Gasteiger partial charge is 0.264 e. The molecule has 2 rings (SSSR count). The second kappa shape index (κ2) is 4.85. The molecule has 2 heterocycles. The number of ether oxygens (including phenoxy) is 1. The molecule has 0 spiro atoms. The molecule has 3 nitrogen and oxygen atoms in total. The van der Waals surface area contributed by atoms with E-state index in [1.165, 1.54) is 11.3 Å². The molecule has 0 bridgehead atoms. The molecule has 0 N–H and O–H groups in total. The van der Waals surface area contributed by atoms with E-state index in [-0.39, 0.29) is 18.1 Å². The van der Waals surface area contributed by atoms with Crippen LogP contribution in [0.25, 0.3) is 0 Å². The lowest BCUT2D eigenvalue weighted by atomic mass is 10.2. The number of carbonyl (C=O) groups is 1. The highest BCUT2D eigenvalue weighted by atomic mass is 79.9. The van der Waals surface area contributed by atoms with Gasteiger partial charge in [-0.3, -0.25) is 4.79 Å². The van der Waals surface area contributed by atoms with Gasteiger partial charge in [-0.05, 0) is 35.8 Å². The van der Waals surface area contributed by atoms with Crippen LogP contribution < -0.4 is 0 Å². The Morgan fingerprint density at radius 2 is 2.12 bits per heavy atom. The third kappa shape index (κ3) is 2.64. The molecule has 1 amide bonds. The number of carbonyl (C=O) groups excluding carboxylic acids is 1. The van der Waals surface area contributed by atoms with Gasteiger partial charge in [0.2, 0.25) is 0 Å². The molecule has 0 aromatic carbocycles. The number of amides is 1. The molecule has 1 aromatic rings. The molecule has 5 heteroatoms. The fourth-order valence-corrected chi connectivity index (χ4v) is 3.32. The zero-order valence-electron chi connectivity index (χ0n) is 9.27. The van der Waals surface area contributed by atoms with Crippen LogP contribution in [-0.2, 0) is 4.74 Å². The Morgan fingerprint density at radius 3 is 2.62 bits per heavy atom. The van der Waals surface area contributed by atoms with Gasteiger partial charge < -0.3 is 9.64 Å². The lowest BCUT2D eigenvalue weighted by molar-refractivity contribution is -0.0585. The Balaban J connectivity index is 2.09. The number of morpholine rings is 1. The summed E-state index contributed by atoms with van der Waals surface area (Å²) in [7, 11) is 0. The highest BCUT2D eigenvalue weighted by Gasteiger charge is 2.27. The second-order valence-corrected chi connectivity index (χ2v) is 5.92. The predicted octanol–water partition coefficient (Wildman–Crippen LogP) is 2.76. The molecule has 1 fully saturated rings. The number of hydrogen-bond acceptors (Lipinski definition) is 3. The van der Waals surface area contributed by atoms with Gasteiger partial charge in [-0.1, -0.05) is 0 Å². The monoisotopic (exact) mass is 303 g/mol. The van der Waals surface area contributed by atoms with Gasteiger partial charge in [-0.2, -0.15) is 0 Å². The van der Waals surface area contributed by atoms with E-state index >= 15 is 0 Å². The Hall–Kier alpha value is -0.390. The summed E-state index contributed by atoms with van der Waals surface area (Å²) in [5.41, 5.74) is 0. The molecule has 1 aromatic heterocycles. The summed E-state index contributed by atoms with van der Waals surface area (Å²) in [5, 5.41) is 1.93. The normalized spacial score (nSPS) is 25.8. The first kappa shape index (κ1) is 12.1. The van der Waals surface area contributed by atoms with Crippen molar-refractivity contribution >= 4 is 33.2 Å². The lowest BCUT2D eigenvalue weighted by Gasteiger charge is -2.35. The maximum absolute atomic E-state index is 12.2. The van der Waals surface area contributed by atoms with Gasteiger partial charge in [0.15, 0.2) is 0 Å². The Labute approximate surface area is 108 Å². The van der Waals surface area contributed by atoms with Crippen LogP contribution in [-0.4, -0.2) is 36.1 Å². The molecule has 1 aliphatic rings. The molecule has 0 aliphatic carbocycles. The van der Waals surface area contributed by atoms with Gasteiger partial charge in [0.1, 0.15) is 0 Å². The van der Waals surface area contributed by atoms with Crippen LogP contribution in [0, 0.1) is 0 Å². The van der Waals surface area contributed by atoms with Crippen LogP contribution in [0.3, 0.4) is 0 Å². The molecule has 88 valence electrons. The average molecular weight is 304 g/mol. The van der Waals surface area contributed by atoms with E-state index in [9.17, 15) is 4.79 Å². The van der Waals surface area contributed by atoms with Crippen molar-refractivity contribution in [2.45, 2.75) is 26.1 Å². The summed E-state index contributed by atoms with van der Waals surface area (Å²) < 4.78 is 6.58. The third-order valence-electron chi connectivity index (χ3n) is 2.49. The predicted molar refractivity (Wildman–Crippen MR) is 67.9 cm³/mol. The third-order valence-corrected chi connectivity index (χ3v) is 4.16. The summed E-state index contributed by atoms with van der Waals surface area (Å²) in [4.78, 5) is 14.8. The number of hydrogen-bond donors (Lipinski definition) is 0. The number of nitrogens with zero attached hydrogens (tertiary/aromatic N) is 1. The lowest BCUT2D eigenvalue weighted by Crippen LogP contribution is -2.48. The summed E-state index contributed by atoms with van der Waals surface area (Å²) in [6.45, 7) is 5.36. The minimum Gasteiger partial charge on any atom is -0.372 e. The maximum atomic E-state index is 12.2. The van der Waals surface area contributed by atoms with E-state index in [0.717, 1.165) is 9.35 Å². The first-order valence-corrected chi connectivity index (χ1v) is 6.92. The molecule has 1 aliphatic heterocycles. The van der Waals surface area contributed by atoms with Gasteiger partial charge in [0, 0.05) is 22.9 Å². The standard InChI is InChI=1S/C11H14BrNO2S/c1-7-4-13(5-8(2)15-7)11(14)10-3-9(12)6-16-10/h3,6-8H,4-5H2,1-2H3/t7-,8-/m0/s1. The summed E-state index contributed by atoms with van der Waals surface area (Å²) in [5.74, 6) is 0.109. The van der Waals surface area contributed by atoms with Crippen molar-refractivity contribution in [2.24, 2.45) is 0 Å². The van der Waals surface area contributed by atoms with Crippen LogP contribution in [0.15, 0.2) is 15.9 Å². The SMILES string of the molecule is C[C@H]1CN(C(=O)c2cc(Br)cs2)C[C@H](C)O1. The van der Waals surface area contributed by atoms with Crippen molar-refractivity contribution in [3.63, 3.8) is 0 Å². The second-order valence-electron chi connectivity index (χ2n) is 4.10. The zero-order valence-corrected chi connectivity index (χ0v) is 11.7. The Morgan fingerprint density at radius 1 is 1.50 bits per heavy atom. The first-order valence-electron chi connectivity index (χ1n) is 5.25. The molecule has 0 radical (unpaired) electrons. The largest absolute Gasteiger partial charge is 0.372 e. The van der Waals surface area contributed by atoms with Crippen LogP contribution in [0.5, 0.6) is 0 Å². The topological polar surface area (TPSA) is 29.5 Å². The van der Waals surface area contributed by atoms with E-state index < -0.39 is 0 Å². The number of halogens is 1. The van der Waals surface area contributed by atoms with Crippen LogP contribution in [0.1, 0.15) is 23.5 Å². The molecule has 1 saturated heterocycles. The highest BCUT2D eigenvalue weighted by Crippen LogP contribution is 2.22. The van der Waals surface area contributed by atoms with Gasteiger partial charge >= 0.3 is 0 Å². The minimum absolute atomic E-state index is 0.109. The Bertz CT molecular complexity index is 383. The van der Waals surface area contributed by atoms with E-state index in [0.29, 0.717) is 13.1 Å². The zero-order chi connectivity index (χ0) is 11.7. The Kier molecular flexibility index (Phi) is 3.66. The molecule has 2 atom stereocenters. The van der Waals surface area contributed by atoms with Crippen molar-refractivity contribution < 1.29 is 9.53 Å². The van der Waals surface area contributed by atoms with Crippen molar-refractivity contribution in [3.8, 4) is 0 Å². The molecular formula is C11H14BrNO2S. The van der Waals surface area contributed by atoms with Crippen molar-refractivity contribution in [1.29, 1.82) is 0 Å². The van der Waals surface area contributed by atoms with E-state index in [4.69, 9.17) is 4.74 Å². The molecule has 0 saturated carbocycles. The van der Waals surface area contributed by atoms with E-state index in [1.54, 1.807) is 0 Å². The first-order chi connectivity index (χ1) is 7.56. The van der Waals surface area contributed by atoms with E-state index in [1.807, 2.05) is 30.2 Å². The highest BCUT2D eigenvalue weighted by molar-refractivity contribution is 9.10. The van der Waals surface area contributed by atoms with Gasteiger partial charge in [-0.25, -0.2) is 0 Å². The maximum Gasteiger partial charge on any atom is 0.264 e. The van der Waals surface area contributed by atoms with Crippen molar-refractivity contribution in [2.75, 3.05) is 13.1 Å². The average Bonchev–Trinajstić information content (AvgIpc) is 2.62. The van der Waals surface area contributed by atoms with Crippen molar-refractivity contribution in [1.82, 2.24) is 4.90 Å². The molecule has 16 heavy (non-hydrogen) atoms. The summed E-state index contributed by atoms with van der Waals surface area (Å²) >= 11 is 4.84. The fraction of sp³-hybridized carbons (Fsp3) is 0.545. The van der Waals surface area contributed by atoms with Gasteiger partial charge in [0.05, 0.1) is 17.1 Å². The molecular weight excluding hydrogens is 290 g/mol.